The first-order valence-electron chi connectivity index (χ1n) is 10.7. The van der Waals surface area contributed by atoms with Crippen LogP contribution in [0.1, 0.15) is 51.2 Å². The number of hydrogen-bond donors (Lipinski definition) is 1. The van der Waals surface area contributed by atoms with E-state index in [1.165, 1.54) is 11.1 Å². The average Bonchev–Trinajstić information content (AvgIpc) is 3.02. The van der Waals surface area contributed by atoms with E-state index in [4.69, 9.17) is 4.74 Å². The van der Waals surface area contributed by atoms with Gasteiger partial charge in [0.05, 0.1) is 0 Å². The molecule has 3 rings (SSSR count). The molecular weight excluding hydrogens is 376 g/mol. The fourth-order valence-electron chi connectivity index (χ4n) is 3.83. The van der Waals surface area contributed by atoms with E-state index in [1.807, 2.05) is 51.1 Å². The molecule has 160 valence electrons. The van der Waals surface area contributed by atoms with Crippen LogP contribution in [-0.4, -0.2) is 35.1 Å². The normalized spacial score (nSPS) is 16.6. The Hall–Kier alpha value is -2.82. The van der Waals surface area contributed by atoms with Gasteiger partial charge in [-0.15, -0.1) is 0 Å². The highest BCUT2D eigenvalue weighted by atomic mass is 16.6. The standard InChI is InChI=1S/C25H32N2O3/c1-25(2,3)30-24(29)26-21-13-11-19(12-14-21)10-7-17-27-22(15-16-23(27)28)18-20-8-5-4-6-9-20/h4-6,8-9,11-14,22H,7,10,15-18H2,1-3H3,(H,26,29). The Kier molecular flexibility index (Phi) is 7.14. The summed E-state index contributed by atoms with van der Waals surface area (Å²) in [4.78, 5) is 26.3. The lowest BCUT2D eigenvalue weighted by Crippen LogP contribution is -2.35. The maximum Gasteiger partial charge on any atom is 0.412 e. The zero-order chi connectivity index (χ0) is 21.6. The van der Waals surface area contributed by atoms with Gasteiger partial charge in [0.15, 0.2) is 0 Å². The maximum atomic E-state index is 12.3. The lowest BCUT2D eigenvalue weighted by molar-refractivity contribution is -0.129. The van der Waals surface area contributed by atoms with Gasteiger partial charge in [-0.2, -0.15) is 0 Å². The highest BCUT2D eigenvalue weighted by molar-refractivity contribution is 5.84. The largest absolute Gasteiger partial charge is 0.444 e. The van der Waals surface area contributed by atoms with E-state index in [2.05, 4.69) is 34.5 Å². The number of carbonyl (C=O) groups excluding carboxylic acids is 2. The number of nitrogens with one attached hydrogen (secondary N) is 1. The molecule has 1 fully saturated rings. The van der Waals surface area contributed by atoms with Crippen molar-refractivity contribution in [3.8, 4) is 0 Å². The predicted octanol–water partition coefficient (Wildman–Crippen LogP) is 5.20. The van der Waals surface area contributed by atoms with Crippen LogP contribution >= 0.6 is 0 Å². The van der Waals surface area contributed by atoms with Crippen LogP contribution in [0, 0.1) is 0 Å². The Morgan fingerprint density at radius 2 is 1.77 bits per heavy atom. The molecule has 0 aromatic heterocycles. The molecule has 1 atom stereocenters. The summed E-state index contributed by atoms with van der Waals surface area (Å²) >= 11 is 0. The van der Waals surface area contributed by atoms with Gasteiger partial charge < -0.3 is 9.64 Å². The van der Waals surface area contributed by atoms with Crippen molar-refractivity contribution in [1.29, 1.82) is 0 Å². The molecule has 1 unspecified atom stereocenters. The van der Waals surface area contributed by atoms with Crippen LogP contribution in [0.5, 0.6) is 0 Å². The molecule has 0 bridgehead atoms. The Balaban J connectivity index is 1.47. The summed E-state index contributed by atoms with van der Waals surface area (Å²) in [6.45, 7) is 6.30. The van der Waals surface area contributed by atoms with Crippen molar-refractivity contribution in [2.75, 3.05) is 11.9 Å². The van der Waals surface area contributed by atoms with Crippen LogP contribution in [0.2, 0.25) is 0 Å². The molecule has 2 aromatic rings. The van der Waals surface area contributed by atoms with E-state index in [0.717, 1.165) is 32.2 Å². The second-order valence-corrected chi connectivity index (χ2v) is 8.90. The van der Waals surface area contributed by atoms with Crippen molar-refractivity contribution < 1.29 is 14.3 Å². The number of anilines is 1. The summed E-state index contributed by atoms with van der Waals surface area (Å²) in [6.07, 6.45) is 3.90. The third-order valence-electron chi connectivity index (χ3n) is 5.23. The number of hydrogen-bond acceptors (Lipinski definition) is 3. The number of ether oxygens (including phenoxy) is 1. The van der Waals surface area contributed by atoms with Gasteiger partial charge in [0.25, 0.3) is 0 Å². The molecule has 2 aromatic carbocycles. The van der Waals surface area contributed by atoms with Crippen LogP contribution in [-0.2, 0) is 22.4 Å². The number of amides is 2. The first-order chi connectivity index (χ1) is 14.3. The predicted molar refractivity (Wildman–Crippen MR) is 120 cm³/mol. The first kappa shape index (κ1) is 21.9. The Morgan fingerprint density at radius 3 is 2.43 bits per heavy atom. The first-order valence-corrected chi connectivity index (χ1v) is 10.7. The SMILES string of the molecule is CC(C)(C)OC(=O)Nc1ccc(CCCN2C(=O)CCC2Cc2ccccc2)cc1. The van der Waals surface area contributed by atoms with Crippen molar-refractivity contribution in [1.82, 2.24) is 4.90 Å². The van der Waals surface area contributed by atoms with Crippen molar-refractivity contribution in [2.24, 2.45) is 0 Å². The third-order valence-corrected chi connectivity index (χ3v) is 5.23. The van der Waals surface area contributed by atoms with Gasteiger partial charge in [0.1, 0.15) is 5.60 Å². The lowest BCUT2D eigenvalue weighted by Gasteiger charge is -2.25. The summed E-state index contributed by atoms with van der Waals surface area (Å²) in [5.74, 6) is 0.271. The molecule has 0 saturated carbocycles. The minimum Gasteiger partial charge on any atom is -0.444 e. The van der Waals surface area contributed by atoms with Crippen LogP contribution in [0.3, 0.4) is 0 Å². The van der Waals surface area contributed by atoms with Gasteiger partial charge in [-0.05, 0) is 69.7 Å². The zero-order valence-electron chi connectivity index (χ0n) is 18.2. The van der Waals surface area contributed by atoms with Crippen LogP contribution in [0.4, 0.5) is 10.5 Å². The second-order valence-electron chi connectivity index (χ2n) is 8.90. The Bertz CT molecular complexity index is 841. The molecule has 1 aliphatic rings. The van der Waals surface area contributed by atoms with Crippen molar-refractivity contribution in [2.45, 2.75) is 64.5 Å². The molecule has 0 spiro atoms. The van der Waals surface area contributed by atoms with Crippen molar-refractivity contribution in [3.05, 3.63) is 65.7 Å². The minimum atomic E-state index is -0.518. The smallest absolute Gasteiger partial charge is 0.412 e. The van der Waals surface area contributed by atoms with Crippen LogP contribution < -0.4 is 5.32 Å². The summed E-state index contributed by atoms with van der Waals surface area (Å²) in [5, 5.41) is 2.75. The molecule has 30 heavy (non-hydrogen) atoms. The molecule has 0 radical (unpaired) electrons. The zero-order valence-corrected chi connectivity index (χ0v) is 18.2. The highest BCUT2D eigenvalue weighted by Gasteiger charge is 2.30. The van der Waals surface area contributed by atoms with Gasteiger partial charge in [0.2, 0.25) is 5.91 Å². The molecule has 1 aliphatic heterocycles. The lowest BCUT2D eigenvalue weighted by atomic mass is 10.0. The average molecular weight is 409 g/mol. The number of rotatable bonds is 7. The number of benzene rings is 2. The molecule has 5 heteroatoms. The highest BCUT2D eigenvalue weighted by Crippen LogP contribution is 2.23. The number of aryl methyl sites for hydroxylation is 1. The summed E-state index contributed by atoms with van der Waals surface area (Å²) in [7, 11) is 0. The molecule has 5 nitrogen and oxygen atoms in total. The van der Waals surface area contributed by atoms with E-state index < -0.39 is 11.7 Å². The molecule has 1 saturated heterocycles. The van der Waals surface area contributed by atoms with Crippen molar-refractivity contribution in [3.63, 3.8) is 0 Å². The fourth-order valence-corrected chi connectivity index (χ4v) is 3.83. The fraction of sp³-hybridized carbons (Fsp3) is 0.440. The van der Waals surface area contributed by atoms with E-state index in [-0.39, 0.29) is 5.91 Å². The topological polar surface area (TPSA) is 58.6 Å². The number of likely N-dealkylation sites (tertiary alicyclic amines) is 1. The van der Waals surface area contributed by atoms with Crippen molar-refractivity contribution >= 4 is 17.7 Å². The second kappa shape index (κ2) is 9.79. The summed E-state index contributed by atoms with van der Waals surface area (Å²) in [6, 6.07) is 18.5. The number of carbonyl (C=O) groups is 2. The van der Waals surface area contributed by atoms with Gasteiger partial charge in [-0.1, -0.05) is 42.5 Å². The van der Waals surface area contributed by atoms with Crippen LogP contribution in [0.15, 0.2) is 54.6 Å². The summed E-state index contributed by atoms with van der Waals surface area (Å²) < 4.78 is 5.27. The molecule has 1 N–H and O–H groups in total. The monoisotopic (exact) mass is 408 g/mol. The van der Waals surface area contributed by atoms with E-state index in [9.17, 15) is 9.59 Å². The Labute approximate surface area is 179 Å². The van der Waals surface area contributed by atoms with Gasteiger partial charge in [-0.3, -0.25) is 10.1 Å². The molecule has 1 heterocycles. The van der Waals surface area contributed by atoms with E-state index >= 15 is 0 Å². The van der Waals surface area contributed by atoms with Gasteiger partial charge in [-0.25, -0.2) is 4.79 Å². The summed E-state index contributed by atoms with van der Waals surface area (Å²) in [5.41, 5.74) is 2.67. The Morgan fingerprint density at radius 1 is 1.07 bits per heavy atom. The van der Waals surface area contributed by atoms with Gasteiger partial charge in [0, 0.05) is 24.7 Å². The van der Waals surface area contributed by atoms with E-state index in [1.54, 1.807) is 0 Å². The third kappa shape index (κ3) is 6.61. The molecule has 0 aliphatic carbocycles. The van der Waals surface area contributed by atoms with Gasteiger partial charge >= 0.3 is 6.09 Å². The number of nitrogens with zero attached hydrogens (tertiary/aromatic N) is 1. The maximum absolute atomic E-state index is 12.3. The minimum absolute atomic E-state index is 0.271. The quantitative estimate of drug-likeness (QED) is 0.685. The van der Waals surface area contributed by atoms with Crippen LogP contribution in [0.25, 0.3) is 0 Å². The molecule has 2 amide bonds. The molecular formula is C25H32N2O3. The van der Waals surface area contributed by atoms with E-state index in [0.29, 0.717) is 18.2 Å².